The smallest absolute Gasteiger partial charge is 0.433 e. The van der Waals surface area contributed by atoms with Gasteiger partial charge in [-0.2, -0.15) is 13.2 Å². The molecular formula is C16H15F4N3O2. The van der Waals surface area contributed by atoms with Crippen LogP contribution in [0.5, 0.6) is 0 Å². The molecule has 0 radical (unpaired) electrons. The molecule has 5 nitrogen and oxygen atoms in total. The third-order valence-electron chi connectivity index (χ3n) is 3.24. The van der Waals surface area contributed by atoms with Crippen molar-refractivity contribution in [3.05, 3.63) is 53.4 Å². The third kappa shape index (κ3) is 5.40. The van der Waals surface area contributed by atoms with Crippen molar-refractivity contribution >= 4 is 11.8 Å². The van der Waals surface area contributed by atoms with Gasteiger partial charge in [0.1, 0.15) is 11.5 Å². The Labute approximate surface area is 141 Å². The van der Waals surface area contributed by atoms with Gasteiger partial charge in [0, 0.05) is 11.8 Å². The number of halogens is 4. The second-order valence-corrected chi connectivity index (χ2v) is 5.09. The fourth-order valence-electron chi connectivity index (χ4n) is 2.02. The van der Waals surface area contributed by atoms with E-state index in [0.29, 0.717) is 5.56 Å². The molecular weight excluding hydrogens is 342 g/mol. The number of carbonyl (C=O) groups is 1. The van der Waals surface area contributed by atoms with Crippen LogP contribution in [0.1, 0.15) is 17.7 Å². The lowest BCUT2D eigenvalue weighted by Crippen LogP contribution is -2.30. The average molecular weight is 357 g/mol. The van der Waals surface area contributed by atoms with Crippen LogP contribution in [-0.4, -0.2) is 30.2 Å². The van der Waals surface area contributed by atoms with Crippen molar-refractivity contribution in [1.29, 1.82) is 0 Å². The second kappa shape index (κ2) is 7.91. The Morgan fingerprint density at radius 1 is 1.44 bits per heavy atom. The van der Waals surface area contributed by atoms with Crippen molar-refractivity contribution in [2.45, 2.75) is 25.4 Å². The zero-order valence-corrected chi connectivity index (χ0v) is 13.2. The minimum Gasteiger partial charge on any atom is -0.466 e. The number of methoxy groups -OCH3 is 1. The fraction of sp³-hybridized carbons (Fsp3) is 0.312. The summed E-state index contributed by atoms with van der Waals surface area (Å²) >= 11 is 0. The number of nitrogens with zero attached hydrogens (tertiary/aromatic N) is 2. The number of carbonyl (C=O) groups excluding carboxylic acids is 1. The van der Waals surface area contributed by atoms with Crippen LogP contribution in [0.4, 0.5) is 17.6 Å². The van der Waals surface area contributed by atoms with Crippen LogP contribution in [0.2, 0.25) is 0 Å². The summed E-state index contributed by atoms with van der Waals surface area (Å²) in [6, 6.07) is 2.12. The van der Waals surface area contributed by atoms with Gasteiger partial charge in [-0.25, -0.2) is 9.18 Å². The molecule has 0 saturated carbocycles. The fourth-order valence-corrected chi connectivity index (χ4v) is 2.02. The first kappa shape index (κ1) is 18.6. The Morgan fingerprint density at radius 3 is 2.80 bits per heavy atom. The van der Waals surface area contributed by atoms with E-state index in [2.05, 4.69) is 20.0 Å². The van der Waals surface area contributed by atoms with Crippen molar-refractivity contribution in [2.24, 2.45) is 4.99 Å². The molecule has 2 heterocycles. The Morgan fingerprint density at radius 2 is 2.20 bits per heavy atom. The van der Waals surface area contributed by atoms with Crippen LogP contribution < -0.4 is 5.32 Å². The number of rotatable bonds is 3. The monoisotopic (exact) mass is 357 g/mol. The highest BCUT2D eigenvalue weighted by atomic mass is 19.4. The van der Waals surface area contributed by atoms with Gasteiger partial charge in [0.25, 0.3) is 0 Å². The van der Waals surface area contributed by atoms with E-state index in [0.717, 1.165) is 18.3 Å². The molecule has 1 atom stereocenters. The highest BCUT2D eigenvalue weighted by Gasteiger charge is 2.31. The van der Waals surface area contributed by atoms with Gasteiger partial charge < -0.3 is 10.1 Å². The van der Waals surface area contributed by atoms with Crippen LogP contribution in [0, 0.1) is 0 Å². The maximum atomic E-state index is 13.9. The number of amidine groups is 1. The quantitative estimate of drug-likeness (QED) is 0.513. The van der Waals surface area contributed by atoms with Gasteiger partial charge >= 0.3 is 12.1 Å². The molecule has 1 aromatic rings. The van der Waals surface area contributed by atoms with Crippen LogP contribution in [0.15, 0.2) is 47.1 Å². The zero-order valence-electron chi connectivity index (χ0n) is 13.2. The molecule has 134 valence electrons. The zero-order chi connectivity index (χ0) is 18.4. The number of alkyl halides is 4. The normalized spacial score (nSPS) is 20.9. The first-order valence-electron chi connectivity index (χ1n) is 7.22. The molecule has 0 aliphatic carbocycles. The van der Waals surface area contributed by atoms with Crippen LogP contribution in [0.3, 0.4) is 0 Å². The molecule has 25 heavy (non-hydrogen) atoms. The molecule has 1 aliphatic heterocycles. The molecule has 1 N–H and O–H groups in total. The number of hydrogen-bond acceptors (Lipinski definition) is 4. The van der Waals surface area contributed by atoms with E-state index in [-0.39, 0.29) is 24.4 Å². The summed E-state index contributed by atoms with van der Waals surface area (Å²) in [6.45, 7) is 0.0259. The van der Waals surface area contributed by atoms with Gasteiger partial charge in [-0.3, -0.25) is 9.98 Å². The Balaban J connectivity index is 2.05. The molecule has 0 amide bonds. The maximum absolute atomic E-state index is 13.9. The Hall–Kier alpha value is -2.71. The molecule has 0 aromatic carbocycles. The van der Waals surface area contributed by atoms with E-state index < -0.39 is 24.1 Å². The number of aromatic nitrogens is 1. The predicted octanol–water partition coefficient (Wildman–Crippen LogP) is 2.94. The lowest BCUT2D eigenvalue weighted by Gasteiger charge is -2.13. The van der Waals surface area contributed by atoms with Crippen LogP contribution in [-0.2, 0) is 22.3 Å². The third-order valence-corrected chi connectivity index (χ3v) is 3.24. The molecule has 1 aromatic heterocycles. The van der Waals surface area contributed by atoms with Crippen LogP contribution >= 0.6 is 0 Å². The van der Waals surface area contributed by atoms with E-state index in [1.165, 1.54) is 19.3 Å². The van der Waals surface area contributed by atoms with E-state index in [1.54, 1.807) is 6.08 Å². The molecule has 1 unspecified atom stereocenters. The molecule has 1 aliphatic rings. The molecule has 9 heteroatoms. The topological polar surface area (TPSA) is 63.6 Å². The molecule has 0 bridgehead atoms. The number of ether oxygens (including phenoxy) is 1. The van der Waals surface area contributed by atoms with Crippen molar-refractivity contribution in [1.82, 2.24) is 10.3 Å². The number of esters is 1. The van der Waals surface area contributed by atoms with Gasteiger partial charge in [0.15, 0.2) is 6.30 Å². The van der Waals surface area contributed by atoms with E-state index in [9.17, 15) is 22.4 Å². The van der Waals surface area contributed by atoms with Gasteiger partial charge in [-0.15, -0.1) is 0 Å². The minimum absolute atomic E-state index is 0.0259. The van der Waals surface area contributed by atoms with Crippen molar-refractivity contribution < 1.29 is 27.1 Å². The number of aliphatic imine (C=N–C) groups is 1. The summed E-state index contributed by atoms with van der Waals surface area (Å²) in [5.74, 6) is -0.419. The highest BCUT2D eigenvalue weighted by molar-refractivity contribution is 5.95. The maximum Gasteiger partial charge on any atom is 0.433 e. The first-order valence-corrected chi connectivity index (χ1v) is 7.22. The predicted molar refractivity (Wildman–Crippen MR) is 82.3 cm³/mol. The van der Waals surface area contributed by atoms with Crippen molar-refractivity contribution in [2.75, 3.05) is 7.11 Å². The van der Waals surface area contributed by atoms with Crippen molar-refractivity contribution in [3.8, 4) is 0 Å². The average Bonchev–Trinajstić information content (AvgIpc) is 2.55. The summed E-state index contributed by atoms with van der Waals surface area (Å²) in [7, 11) is 1.21. The SMILES string of the molecule is COC(=O)C1=CC(F)NC(=NCc2ccc(C(F)(F)F)nc2)/C=C\C1. The Kier molecular flexibility index (Phi) is 5.89. The summed E-state index contributed by atoms with van der Waals surface area (Å²) in [5.41, 5.74) is -0.374. The number of nitrogens with one attached hydrogen (secondary N) is 1. The van der Waals surface area contributed by atoms with Crippen LogP contribution in [0.25, 0.3) is 0 Å². The largest absolute Gasteiger partial charge is 0.466 e. The molecule has 2 rings (SSSR count). The number of hydrogen-bond donors (Lipinski definition) is 1. The van der Waals surface area contributed by atoms with Gasteiger partial charge in [-0.1, -0.05) is 12.1 Å². The van der Waals surface area contributed by atoms with Gasteiger partial charge in [-0.05, 0) is 30.2 Å². The number of allylic oxidation sites excluding steroid dienone is 1. The summed E-state index contributed by atoms with van der Waals surface area (Å²) in [4.78, 5) is 18.9. The standard InChI is InChI=1S/C16H15F4N3O2/c1-25-15(24)11-3-2-4-14(23-13(17)7-11)22-9-10-5-6-12(21-8-10)16(18,19)20/h2,4-8,13H,3,9H2,1H3,(H,22,23)/b4-2-,11-7?. The highest BCUT2D eigenvalue weighted by Crippen LogP contribution is 2.27. The lowest BCUT2D eigenvalue weighted by molar-refractivity contribution is -0.141. The lowest BCUT2D eigenvalue weighted by atomic mass is 10.1. The molecule has 0 fully saturated rings. The van der Waals surface area contributed by atoms with Gasteiger partial charge in [0.05, 0.1) is 13.7 Å². The van der Waals surface area contributed by atoms with E-state index in [1.807, 2.05) is 0 Å². The van der Waals surface area contributed by atoms with E-state index in [4.69, 9.17) is 0 Å². The van der Waals surface area contributed by atoms with E-state index >= 15 is 0 Å². The molecule has 0 spiro atoms. The summed E-state index contributed by atoms with van der Waals surface area (Å²) < 4.78 is 55.8. The van der Waals surface area contributed by atoms with Gasteiger partial charge in [0.2, 0.25) is 0 Å². The summed E-state index contributed by atoms with van der Waals surface area (Å²) in [5, 5.41) is 2.45. The van der Waals surface area contributed by atoms with Crippen molar-refractivity contribution in [3.63, 3.8) is 0 Å². The summed E-state index contributed by atoms with van der Waals surface area (Å²) in [6.07, 6.45) is -0.726. The first-order chi connectivity index (χ1) is 11.8. The number of pyridine rings is 1. The Bertz CT molecular complexity index is 709. The minimum atomic E-state index is -4.50. The second-order valence-electron chi connectivity index (χ2n) is 5.09. The molecule has 0 saturated heterocycles.